The van der Waals surface area contributed by atoms with Gasteiger partial charge in [-0.15, -0.1) is 0 Å². The van der Waals surface area contributed by atoms with Crippen LogP contribution in [0.1, 0.15) is 17.3 Å². The first-order valence-electron chi connectivity index (χ1n) is 4.11. The molecule has 0 aliphatic carbocycles. The third kappa shape index (κ3) is 2.86. The Hall–Kier alpha value is -1.73. The van der Waals surface area contributed by atoms with Crippen molar-refractivity contribution in [3.63, 3.8) is 0 Å². The molecule has 0 amide bonds. The van der Waals surface area contributed by atoms with E-state index in [1.54, 1.807) is 0 Å². The van der Waals surface area contributed by atoms with Gasteiger partial charge in [0.25, 0.3) is 0 Å². The van der Waals surface area contributed by atoms with Crippen molar-refractivity contribution in [1.29, 1.82) is 5.26 Å². The number of hydrogen-bond donors (Lipinski definition) is 0. The van der Waals surface area contributed by atoms with Crippen LogP contribution in [0.4, 0.5) is 0 Å². The van der Waals surface area contributed by atoms with Gasteiger partial charge in [-0.2, -0.15) is 5.26 Å². The molecule has 15 heavy (non-hydrogen) atoms. The largest absolute Gasteiger partial charge is 0.545 e. The van der Waals surface area contributed by atoms with Gasteiger partial charge in [0.1, 0.15) is 11.8 Å². The van der Waals surface area contributed by atoms with Crippen LogP contribution in [0.5, 0.6) is 5.75 Å². The molecule has 0 N–H and O–H groups in total. The number of hydrogen-bond acceptors (Lipinski definition) is 4. The molecule has 0 aromatic heterocycles. The molecule has 0 saturated carbocycles. The number of nitrogens with zero attached hydrogens (tertiary/aromatic N) is 1. The number of carboxylic acid groups (broad SMARTS) is 1. The molecule has 1 unspecified atom stereocenters. The minimum atomic E-state index is -1.39. The van der Waals surface area contributed by atoms with Crippen molar-refractivity contribution in [3.05, 3.63) is 28.8 Å². The van der Waals surface area contributed by atoms with Gasteiger partial charge in [-0.3, -0.25) is 0 Å². The molecule has 0 bridgehead atoms. The highest BCUT2D eigenvalue weighted by Gasteiger charge is 2.08. The zero-order valence-electron chi connectivity index (χ0n) is 7.86. The lowest BCUT2D eigenvalue weighted by molar-refractivity contribution is -0.255. The summed E-state index contributed by atoms with van der Waals surface area (Å²) in [6.45, 7) is 1.51. The van der Waals surface area contributed by atoms with Gasteiger partial charge < -0.3 is 14.6 Å². The van der Waals surface area contributed by atoms with Crippen LogP contribution in [-0.2, 0) is 0 Å². The Morgan fingerprint density at radius 2 is 2.33 bits per heavy atom. The highest BCUT2D eigenvalue weighted by atomic mass is 35.5. The van der Waals surface area contributed by atoms with Crippen LogP contribution in [0.3, 0.4) is 0 Å². The minimum Gasteiger partial charge on any atom is -0.545 e. The van der Waals surface area contributed by atoms with Crippen LogP contribution in [0.2, 0.25) is 5.02 Å². The Labute approximate surface area is 91.7 Å². The van der Waals surface area contributed by atoms with Crippen LogP contribution in [0.25, 0.3) is 0 Å². The third-order valence-corrected chi connectivity index (χ3v) is 1.88. The van der Waals surface area contributed by atoms with Crippen LogP contribution < -0.4 is 9.84 Å². The second-order valence-corrected chi connectivity index (χ2v) is 3.25. The van der Waals surface area contributed by atoms with E-state index in [0.29, 0.717) is 0 Å². The maximum Gasteiger partial charge on any atom is 0.181 e. The molecule has 0 heterocycles. The number of rotatable bonds is 3. The summed E-state index contributed by atoms with van der Waals surface area (Å²) in [5.41, 5.74) is -0.162. The summed E-state index contributed by atoms with van der Waals surface area (Å²) in [6, 6.07) is 5.91. The first-order chi connectivity index (χ1) is 7.04. The topological polar surface area (TPSA) is 73.1 Å². The Morgan fingerprint density at radius 3 is 2.87 bits per heavy atom. The van der Waals surface area contributed by atoms with E-state index in [4.69, 9.17) is 21.6 Å². The van der Waals surface area contributed by atoms with Gasteiger partial charge in [-0.05, 0) is 25.1 Å². The maximum atomic E-state index is 10.7. The Bertz CT molecular complexity index is 425. The molecular weight excluding hydrogens is 218 g/mol. The van der Waals surface area contributed by atoms with Gasteiger partial charge in [0.15, 0.2) is 6.10 Å². The average molecular weight is 225 g/mol. The van der Waals surface area contributed by atoms with Gasteiger partial charge in [-0.1, -0.05) is 11.6 Å². The monoisotopic (exact) mass is 224 g/mol. The molecule has 1 aromatic rings. The fraction of sp³-hybridized carbons (Fsp3) is 0.200. The maximum absolute atomic E-state index is 10.7. The summed E-state index contributed by atoms with van der Waals surface area (Å²) in [4.78, 5) is 10.7. The summed E-state index contributed by atoms with van der Waals surface area (Å²) in [7, 11) is 0. The summed E-state index contributed by atoms with van der Waals surface area (Å²) >= 11 is 5.62. The lowest BCUT2D eigenvalue weighted by atomic mass is 10.2. The Kier molecular flexibility index (Phi) is 3.53. The molecule has 0 aliphatic rings. The van der Waals surface area contributed by atoms with E-state index < -0.39 is 12.1 Å². The molecule has 1 rings (SSSR count). The van der Waals surface area contributed by atoms with Gasteiger partial charge in [0, 0.05) is 10.6 Å². The van der Waals surface area contributed by atoms with Crippen LogP contribution in [0.15, 0.2) is 18.2 Å². The quantitative estimate of drug-likeness (QED) is 0.768. The SMILES string of the molecule is CC(C#N)Oc1ccc(Cl)cc1C(=O)[O-]. The first kappa shape index (κ1) is 11.3. The summed E-state index contributed by atoms with van der Waals surface area (Å²) < 4.78 is 5.07. The van der Waals surface area contributed by atoms with E-state index >= 15 is 0 Å². The molecular formula is C10H7ClNO3-. The standard InChI is InChI=1S/C10H8ClNO3/c1-6(5-12)15-9-3-2-7(11)4-8(9)10(13)14/h2-4,6H,1H3,(H,13,14)/p-1. The minimum absolute atomic E-state index is 0.0773. The molecule has 4 nitrogen and oxygen atoms in total. The molecule has 0 spiro atoms. The number of aromatic carboxylic acids is 1. The number of carboxylic acids is 1. The number of nitriles is 1. The summed E-state index contributed by atoms with van der Waals surface area (Å²) in [6.07, 6.45) is -0.732. The fourth-order valence-electron chi connectivity index (χ4n) is 0.981. The van der Waals surface area contributed by atoms with E-state index in [9.17, 15) is 9.90 Å². The van der Waals surface area contributed by atoms with Crippen LogP contribution in [-0.4, -0.2) is 12.1 Å². The number of carbonyl (C=O) groups excluding carboxylic acids is 1. The van der Waals surface area contributed by atoms with E-state index in [2.05, 4.69) is 0 Å². The zero-order valence-corrected chi connectivity index (χ0v) is 8.62. The lowest BCUT2D eigenvalue weighted by Gasteiger charge is -2.13. The average Bonchev–Trinajstić information content (AvgIpc) is 2.20. The van der Waals surface area contributed by atoms with Gasteiger partial charge in [0.2, 0.25) is 0 Å². The van der Waals surface area contributed by atoms with Crippen molar-refractivity contribution >= 4 is 17.6 Å². The van der Waals surface area contributed by atoms with Gasteiger partial charge in [0.05, 0.1) is 5.97 Å². The summed E-state index contributed by atoms with van der Waals surface area (Å²) in [5.74, 6) is -1.31. The Balaban J connectivity index is 3.07. The van der Waals surface area contributed by atoms with Crippen molar-refractivity contribution in [3.8, 4) is 11.8 Å². The molecule has 0 radical (unpaired) electrons. The number of carbonyl (C=O) groups is 1. The van der Waals surface area contributed by atoms with Gasteiger partial charge in [-0.25, -0.2) is 0 Å². The molecule has 0 aliphatic heterocycles. The van der Waals surface area contributed by atoms with Crippen LogP contribution >= 0.6 is 11.6 Å². The molecule has 0 saturated heterocycles. The van der Waals surface area contributed by atoms with Crippen molar-refractivity contribution < 1.29 is 14.6 Å². The van der Waals surface area contributed by atoms with Gasteiger partial charge >= 0.3 is 0 Å². The molecule has 5 heteroatoms. The highest BCUT2D eigenvalue weighted by Crippen LogP contribution is 2.23. The van der Waals surface area contributed by atoms with Crippen molar-refractivity contribution in [2.45, 2.75) is 13.0 Å². The second-order valence-electron chi connectivity index (χ2n) is 2.82. The fourth-order valence-corrected chi connectivity index (χ4v) is 1.15. The van der Waals surface area contributed by atoms with Crippen LogP contribution in [0, 0.1) is 11.3 Å². The van der Waals surface area contributed by atoms with E-state index in [-0.39, 0.29) is 16.3 Å². The Morgan fingerprint density at radius 1 is 1.67 bits per heavy atom. The van der Waals surface area contributed by atoms with E-state index in [1.165, 1.54) is 25.1 Å². The lowest BCUT2D eigenvalue weighted by Crippen LogP contribution is -2.24. The first-order valence-corrected chi connectivity index (χ1v) is 4.49. The zero-order chi connectivity index (χ0) is 11.4. The number of halogens is 1. The smallest absolute Gasteiger partial charge is 0.181 e. The third-order valence-electron chi connectivity index (χ3n) is 1.65. The van der Waals surface area contributed by atoms with E-state index in [1.807, 2.05) is 6.07 Å². The molecule has 1 atom stereocenters. The molecule has 1 aromatic carbocycles. The normalized spacial score (nSPS) is 11.5. The van der Waals surface area contributed by atoms with Crippen molar-refractivity contribution in [2.24, 2.45) is 0 Å². The van der Waals surface area contributed by atoms with E-state index in [0.717, 1.165) is 0 Å². The van der Waals surface area contributed by atoms with Crippen molar-refractivity contribution in [1.82, 2.24) is 0 Å². The number of ether oxygens (including phenoxy) is 1. The predicted molar refractivity (Wildman–Crippen MR) is 51.5 cm³/mol. The predicted octanol–water partition coefficient (Wildman–Crippen LogP) is 0.994. The molecule has 78 valence electrons. The summed E-state index contributed by atoms with van der Waals surface area (Å²) in [5, 5.41) is 19.5. The van der Waals surface area contributed by atoms with Crippen molar-refractivity contribution in [2.75, 3.05) is 0 Å². The number of benzene rings is 1. The molecule has 0 fully saturated rings. The second kappa shape index (κ2) is 4.67. The highest BCUT2D eigenvalue weighted by molar-refractivity contribution is 6.31.